The molecule has 2 aromatic rings. The minimum atomic E-state index is -0.265. The number of carbonyl (C=O) groups excluding carboxylic acids is 4. The van der Waals surface area contributed by atoms with Crippen LogP contribution < -0.4 is 5.32 Å². The van der Waals surface area contributed by atoms with Crippen molar-refractivity contribution in [3.05, 3.63) is 58.2 Å². The summed E-state index contributed by atoms with van der Waals surface area (Å²) in [7, 11) is 2.77. The zero-order valence-corrected chi connectivity index (χ0v) is 37.5. The summed E-state index contributed by atoms with van der Waals surface area (Å²) in [5.74, 6) is 1.73. The third-order valence-electron chi connectivity index (χ3n) is 13.3. The van der Waals surface area contributed by atoms with Crippen molar-refractivity contribution in [3.8, 4) is 0 Å². The molecular weight excluding hydrogens is 812 g/mol. The average Bonchev–Trinajstić information content (AvgIpc) is 3.22. The van der Waals surface area contributed by atoms with Gasteiger partial charge in [0.15, 0.2) is 0 Å². The van der Waals surface area contributed by atoms with Gasteiger partial charge in [0.2, 0.25) is 11.8 Å². The minimum Gasteiger partial charge on any atom is -0.468 e. The van der Waals surface area contributed by atoms with E-state index in [0.717, 1.165) is 90.6 Å². The van der Waals surface area contributed by atoms with Crippen molar-refractivity contribution in [2.45, 2.75) is 115 Å². The lowest BCUT2D eigenvalue weighted by molar-refractivity contribution is -0.154. The number of nitrogens with zero attached hydrogens (tertiary/aromatic N) is 5. The number of pyridine rings is 2. The van der Waals surface area contributed by atoms with Crippen LogP contribution in [0.15, 0.2) is 24.3 Å². The molecule has 0 radical (unpaired) electrons. The molecule has 324 valence electrons. The van der Waals surface area contributed by atoms with E-state index in [0.29, 0.717) is 30.8 Å². The number of aryl methyl sites for hydroxylation is 4. The molecular formula is C46H67BrN6O6. The Hall–Kier alpha value is -3.42. The van der Waals surface area contributed by atoms with Gasteiger partial charge in [-0.25, -0.2) is 0 Å². The van der Waals surface area contributed by atoms with Gasteiger partial charge < -0.3 is 24.6 Å². The van der Waals surface area contributed by atoms with Gasteiger partial charge in [0.05, 0.1) is 26.1 Å². The summed E-state index contributed by atoms with van der Waals surface area (Å²) in [6.07, 6.45) is 16.3. The number of piperidine rings is 2. The molecule has 12 nitrogen and oxygen atoms in total. The van der Waals surface area contributed by atoms with E-state index < -0.39 is 0 Å². The van der Waals surface area contributed by atoms with Gasteiger partial charge in [-0.2, -0.15) is 0 Å². The molecule has 59 heavy (non-hydrogen) atoms. The highest BCUT2D eigenvalue weighted by Gasteiger charge is 2.40. The number of likely N-dealkylation sites (tertiary alicyclic amines) is 3. The lowest BCUT2D eigenvalue weighted by Crippen LogP contribution is -2.59. The number of esters is 2. The first-order chi connectivity index (χ1) is 28.5. The number of alkyl halides is 1. The normalized spacial score (nSPS) is 21.1. The second-order valence-electron chi connectivity index (χ2n) is 17.5. The summed E-state index contributed by atoms with van der Waals surface area (Å²) in [4.78, 5) is 62.7. The molecule has 6 aliphatic rings. The number of fused-ring (bicyclic) bond motifs is 2. The molecule has 2 aliphatic carbocycles. The van der Waals surface area contributed by atoms with Crippen LogP contribution in [0.2, 0.25) is 0 Å². The predicted octanol–water partition coefficient (Wildman–Crippen LogP) is 5.14. The van der Waals surface area contributed by atoms with E-state index in [1.54, 1.807) is 6.92 Å². The van der Waals surface area contributed by atoms with E-state index in [-0.39, 0.29) is 40.6 Å². The van der Waals surface area contributed by atoms with Crippen LogP contribution in [-0.2, 0) is 67.2 Å². The monoisotopic (exact) mass is 878 g/mol. The highest BCUT2D eigenvalue weighted by molar-refractivity contribution is 9.10. The highest BCUT2D eigenvalue weighted by atomic mass is 79.9. The maximum atomic E-state index is 12.8. The minimum absolute atomic E-state index is 0.0287. The van der Waals surface area contributed by atoms with Crippen molar-refractivity contribution in [1.29, 1.82) is 0 Å². The maximum absolute atomic E-state index is 12.8. The van der Waals surface area contributed by atoms with Crippen LogP contribution >= 0.6 is 15.9 Å². The molecule has 0 bridgehead atoms. The van der Waals surface area contributed by atoms with Gasteiger partial charge in [-0.3, -0.25) is 34.0 Å². The molecule has 6 heterocycles. The Bertz CT molecular complexity index is 1730. The predicted molar refractivity (Wildman–Crippen MR) is 231 cm³/mol. The summed E-state index contributed by atoms with van der Waals surface area (Å²) in [6, 6.07) is 8.78. The Morgan fingerprint density at radius 3 is 1.51 bits per heavy atom. The number of hydrogen-bond donors (Lipinski definition) is 1. The molecule has 8 rings (SSSR count). The van der Waals surface area contributed by atoms with E-state index in [4.69, 9.17) is 14.7 Å². The van der Waals surface area contributed by atoms with E-state index in [1.165, 1.54) is 86.6 Å². The first kappa shape index (κ1) is 45.1. The largest absolute Gasteiger partial charge is 0.468 e. The summed E-state index contributed by atoms with van der Waals surface area (Å²) < 4.78 is 9.12. The van der Waals surface area contributed by atoms with Gasteiger partial charge in [-0.05, 0) is 139 Å². The van der Waals surface area contributed by atoms with Crippen molar-refractivity contribution < 1.29 is 28.7 Å². The molecule has 0 aromatic carbocycles. The molecule has 1 N–H and O–H groups in total. The van der Waals surface area contributed by atoms with Gasteiger partial charge >= 0.3 is 11.9 Å². The standard InChI is InChI=1S/C23H33N3O3.C19H27N3O.C4H7BrO2/c1-16(23(28)29-2)26-14-19(15-26)22(27)25-11-9-17(10-12-25)13-20-8-7-18-5-3-4-6-21(18)24-20;23-19(16-12-20-13-16)22-9-7-14(8-10-22)11-17-6-5-15-3-1-2-4-18(15)21-17;1-3(5)4(6)7-2/h7-8,16-17,19H,3-6,9-15H2,1-2H3;5-6,14,16,20H,1-4,7-13H2;3H,1-2H3. The Kier molecular flexibility index (Phi) is 16.7. The number of methoxy groups -OCH3 is 2. The van der Waals surface area contributed by atoms with Gasteiger partial charge in [0.25, 0.3) is 0 Å². The third kappa shape index (κ3) is 12.3. The zero-order valence-electron chi connectivity index (χ0n) is 35.9. The van der Waals surface area contributed by atoms with Crippen molar-refractivity contribution in [2.24, 2.45) is 23.7 Å². The molecule has 2 unspecified atom stereocenters. The molecule has 0 spiro atoms. The topological polar surface area (TPSA) is 134 Å². The number of nitrogens with one attached hydrogen (secondary N) is 1. The fraction of sp³-hybridized carbons (Fsp3) is 0.696. The van der Waals surface area contributed by atoms with Crippen molar-refractivity contribution in [1.82, 2.24) is 30.0 Å². The van der Waals surface area contributed by atoms with Gasteiger partial charge in [0, 0.05) is 75.1 Å². The second kappa shape index (κ2) is 21.9. The van der Waals surface area contributed by atoms with E-state index in [1.807, 2.05) is 16.7 Å². The van der Waals surface area contributed by atoms with E-state index in [9.17, 15) is 19.2 Å². The average molecular weight is 880 g/mol. The Balaban J connectivity index is 0.000000174. The molecule has 2 amide bonds. The van der Waals surface area contributed by atoms with Gasteiger partial charge in [-0.15, -0.1) is 0 Å². The number of halogens is 1. The van der Waals surface area contributed by atoms with Crippen LogP contribution in [-0.4, -0.2) is 126 Å². The number of hydrogen-bond acceptors (Lipinski definition) is 10. The Morgan fingerprint density at radius 2 is 1.12 bits per heavy atom. The quantitative estimate of drug-likeness (QED) is 0.267. The smallest absolute Gasteiger partial charge is 0.322 e. The van der Waals surface area contributed by atoms with Crippen LogP contribution in [0, 0.1) is 23.7 Å². The number of aromatic nitrogens is 2. The summed E-state index contributed by atoms with van der Waals surface area (Å²) >= 11 is 3.03. The summed E-state index contributed by atoms with van der Waals surface area (Å²) in [5, 5.41) is 3.19. The molecule has 2 aromatic heterocycles. The van der Waals surface area contributed by atoms with Crippen LogP contribution in [0.25, 0.3) is 0 Å². The summed E-state index contributed by atoms with van der Waals surface area (Å²) in [6.45, 7) is 10.2. The molecule has 2 atom stereocenters. The molecule has 4 saturated heterocycles. The fourth-order valence-corrected chi connectivity index (χ4v) is 9.42. The first-order valence-corrected chi connectivity index (χ1v) is 23.2. The van der Waals surface area contributed by atoms with E-state index >= 15 is 0 Å². The Morgan fingerprint density at radius 1 is 0.678 bits per heavy atom. The van der Waals surface area contributed by atoms with Crippen molar-refractivity contribution in [2.75, 3.05) is 66.6 Å². The maximum Gasteiger partial charge on any atom is 0.322 e. The first-order valence-electron chi connectivity index (χ1n) is 22.3. The highest BCUT2D eigenvalue weighted by Crippen LogP contribution is 2.28. The number of rotatable bonds is 9. The Labute approximate surface area is 360 Å². The van der Waals surface area contributed by atoms with E-state index in [2.05, 4.69) is 55.1 Å². The van der Waals surface area contributed by atoms with Crippen molar-refractivity contribution >= 4 is 39.7 Å². The van der Waals surface area contributed by atoms with Crippen LogP contribution in [0.3, 0.4) is 0 Å². The lowest BCUT2D eigenvalue weighted by Gasteiger charge is -2.44. The van der Waals surface area contributed by atoms with Crippen LogP contribution in [0.4, 0.5) is 0 Å². The number of amides is 2. The van der Waals surface area contributed by atoms with Gasteiger partial charge in [-0.1, -0.05) is 28.1 Å². The van der Waals surface area contributed by atoms with Crippen LogP contribution in [0.1, 0.15) is 99.1 Å². The number of carbonyl (C=O) groups is 4. The molecule has 13 heteroatoms. The lowest BCUT2D eigenvalue weighted by atomic mass is 9.89. The third-order valence-corrected chi connectivity index (χ3v) is 13.7. The molecule has 0 saturated carbocycles. The van der Waals surface area contributed by atoms with Crippen LogP contribution in [0.5, 0.6) is 0 Å². The molecule has 4 fully saturated rings. The zero-order chi connectivity index (χ0) is 41.9. The SMILES string of the molecule is COC(=O)C(C)Br.COC(=O)C(C)N1CC(C(=O)N2CCC(Cc3ccc4c(n3)CCCC4)CC2)C1.O=C(C1CNC1)N1CCC(Cc2ccc3c(n2)CCCC3)CC1. The van der Waals surface area contributed by atoms with Crippen molar-refractivity contribution in [3.63, 3.8) is 0 Å². The fourth-order valence-electron chi connectivity index (χ4n) is 9.24. The number of ether oxygens (including phenoxy) is 2. The van der Waals surface area contributed by atoms with Gasteiger partial charge in [0.1, 0.15) is 10.9 Å². The summed E-state index contributed by atoms with van der Waals surface area (Å²) in [5.41, 5.74) is 8.06. The second-order valence-corrected chi connectivity index (χ2v) is 18.9. The molecule has 4 aliphatic heterocycles.